The molecule has 0 aliphatic heterocycles. The molecule has 26 heavy (non-hydrogen) atoms. The summed E-state index contributed by atoms with van der Waals surface area (Å²) in [6.45, 7) is -0.241. The number of nitrogens with one attached hydrogen (secondary N) is 1. The first-order valence-electron chi connectivity index (χ1n) is 7.45. The maximum absolute atomic E-state index is 11.7. The van der Waals surface area contributed by atoms with E-state index < -0.39 is 10.8 Å². The van der Waals surface area contributed by atoms with Crippen LogP contribution in [-0.2, 0) is 4.79 Å². The van der Waals surface area contributed by atoms with E-state index in [1.807, 2.05) is 6.07 Å². The molecule has 1 N–H and O–H groups in total. The monoisotopic (exact) mass is 359 g/mol. The van der Waals surface area contributed by atoms with E-state index in [1.165, 1.54) is 26.4 Å². The first-order chi connectivity index (χ1) is 12.5. The van der Waals surface area contributed by atoms with Crippen LogP contribution in [0.15, 0.2) is 47.6 Å². The van der Waals surface area contributed by atoms with Crippen LogP contribution < -0.4 is 19.6 Å². The maximum Gasteiger partial charge on any atom is 0.282 e. The summed E-state index contributed by atoms with van der Waals surface area (Å²) in [5.41, 5.74) is 2.16. The van der Waals surface area contributed by atoms with Gasteiger partial charge in [0, 0.05) is 0 Å². The lowest BCUT2D eigenvalue weighted by atomic mass is 10.1. The molecule has 0 saturated carbocycles. The number of methoxy groups -OCH3 is 2. The van der Waals surface area contributed by atoms with Gasteiger partial charge in [-0.25, -0.2) is 5.43 Å². The van der Waals surface area contributed by atoms with Crippen LogP contribution in [0.25, 0.3) is 0 Å². The van der Waals surface area contributed by atoms with Crippen LogP contribution in [0.1, 0.15) is 5.56 Å². The van der Waals surface area contributed by atoms with Gasteiger partial charge in [-0.1, -0.05) is 18.2 Å². The molecule has 0 heterocycles. The predicted molar refractivity (Wildman–Crippen MR) is 93.9 cm³/mol. The number of hydrazone groups is 1. The molecule has 0 unspecified atom stereocenters. The SMILES string of the molecule is COc1cc(C=NNC(=O)COc2ccccc2)c([N+](=O)[O-])cc1OC. The molecule has 2 aromatic carbocycles. The Labute approximate surface area is 149 Å². The van der Waals surface area contributed by atoms with E-state index in [-0.39, 0.29) is 23.6 Å². The number of amides is 1. The molecule has 0 radical (unpaired) electrons. The molecule has 9 heteroatoms. The van der Waals surface area contributed by atoms with Crippen molar-refractivity contribution in [2.45, 2.75) is 0 Å². The Morgan fingerprint density at radius 1 is 1.19 bits per heavy atom. The van der Waals surface area contributed by atoms with E-state index in [9.17, 15) is 14.9 Å². The zero-order chi connectivity index (χ0) is 18.9. The standard InChI is InChI=1S/C17H17N3O6/c1-24-15-8-12(14(20(22)23)9-16(15)25-2)10-18-19-17(21)11-26-13-6-4-3-5-7-13/h3-10H,11H2,1-2H3,(H,19,21). The van der Waals surface area contributed by atoms with Crippen molar-refractivity contribution in [3.05, 3.63) is 58.1 Å². The van der Waals surface area contributed by atoms with Gasteiger partial charge in [-0.05, 0) is 18.2 Å². The fourth-order valence-corrected chi connectivity index (χ4v) is 2.02. The number of hydrogen-bond donors (Lipinski definition) is 1. The van der Waals surface area contributed by atoms with E-state index in [1.54, 1.807) is 24.3 Å². The normalized spacial score (nSPS) is 10.4. The first-order valence-corrected chi connectivity index (χ1v) is 7.45. The number of ether oxygens (including phenoxy) is 3. The molecular weight excluding hydrogens is 342 g/mol. The number of carbonyl (C=O) groups is 1. The van der Waals surface area contributed by atoms with Crippen LogP contribution in [0.2, 0.25) is 0 Å². The number of nitrogens with zero attached hydrogens (tertiary/aromatic N) is 2. The molecule has 9 nitrogen and oxygen atoms in total. The van der Waals surface area contributed by atoms with Gasteiger partial charge in [0.25, 0.3) is 11.6 Å². The smallest absolute Gasteiger partial charge is 0.282 e. The minimum Gasteiger partial charge on any atom is -0.493 e. The average Bonchev–Trinajstić information content (AvgIpc) is 2.66. The second-order valence-corrected chi connectivity index (χ2v) is 4.92. The Bertz CT molecular complexity index is 808. The maximum atomic E-state index is 11.7. The van der Waals surface area contributed by atoms with E-state index in [0.29, 0.717) is 11.5 Å². The van der Waals surface area contributed by atoms with Crippen molar-refractivity contribution < 1.29 is 23.9 Å². The lowest BCUT2D eigenvalue weighted by molar-refractivity contribution is -0.385. The van der Waals surface area contributed by atoms with Crippen molar-refractivity contribution in [1.82, 2.24) is 5.43 Å². The summed E-state index contributed by atoms with van der Waals surface area (Å²) in [6, 6.07) is 11.4. The molecule has 0 spiro atoms. The van der Waals surface area contributed by atoms with Crippen molar-refractivity contribution in [3.8, 4) is 17.2 Å². The van der Waals surface area contributed by atoms with Crippen molar-refractivity contribution >= 4 is 17.8 Å². The highest BCUT2D eigenvalue weighted by molar-refractivity contribution is 5.88. The van der Waals surface area contributed by atoms with Gasteiger partial charge in [0.2, 0.25) is 0 Å². The van der Waals surface area contributed by atoms with Crippen molar-refractivity contribution in [2.75, 3.05) is 20.8 Å². The Balaban J connectivity index is 2.04. The molecule has 2 rings (SSSR count). The molecule has 0 aliphatic rings. The van der Waals surface area contributed by atoms with Gasteiger partial charge in [-0.15, -0.1) is 0 Å². The average molecular weight is 359 g/mol. The fraction of sp³-hybridized carbons (Fsp3) is 0.176. The summed E-state index contributed by atoms with van der Waals surface area (Å²) in [5, 5.41) is 14.9. The summed E-state index contributed by atoms with van der Waals surface area (Å²) in [7, 11) is 2.79. The number of para-hydroxylation sites is 1. The highest BCUT2D eigenvalue weighted by Gasteiger charge is 2.18. The van der Waals surface area contributed by atoms with Gasteiger partial charge in [-0.2, -0.15) is 5.10 Å². The minimum absolute atomic E-state index is 0.150. The summed E-state index contributed by atoms with van der Waals surface area (Å²) in [5.74, 6) is 0.560. The van der Waals surface area contributed by atoms with Crippen molar-refractivity contribution in [1.29, 1.82) is 0 Å². The lowest BCUT2D eigenvalue weighted by Gasteiger charge is -2.08. The zero-order valence-electron chi connectivity index (χ0n) is 14.2. The van der Waals surface area contributed by atoms with Gasteiger partial charge < -0.3 is 14.2 Å². The largest absolute Gasteiger partial charge is 0.493 e. The van der Waals surface area contributed by atoms with Gasteiger partial charge in [-0.3, -0.25) is 14.9 Å². The molecule has 2 aromatic rings. The van der Waals surface area contributed by atoms with Gasteiger partial charge in [0.05, 0.1) is 37.0 Å². The van der Waals surface area contributed by atoms with Gasteiger partial charge >= 0.3 is 0 Å². The second kappa shape index (κ2) is 9.02. The number of nitro groups is 1. The molecule has 0 aliphatic carbocycles. The fourth-order valence-electron chi connectivity index (χ4n) is 2.02. The Kier molecular flexibility index (Phi) is 6.49. The van der Waals surface area contributed by atoms with Crippen LogP contribution in [0.4, 0.5) is 5.69 Å². The highest BCUT2D eigenvalue weighted by atomic mass is 16.6. The van der Waals surface area contributed by atoms with Gasteiger partial charge in [0.15, 0.2) is 18.1 Å². The molecule has 136 valence electrons. The summed E-state index contributed by atoms with van der Waals surface area (Å²) in [6.07, 6.45) is 1.15. The molecule has 1 amide bonds. The summed E-state index contributed by atoms with van der Waals surface area (Å²) < 4.78 is 15.4. The topological polar surface area (TPSA) is 112 Å². The van der Waals surface area contributed by atoms with E-state index in [4.69, 9.17) is 14.2 Å². The van der Waals surface area contributed by atoms with E-state index >= 15 is 0 Å². The molecular formula is C17H17N3O6. The van der Waals surface area contributed by atoms with Crippen molar-refractivity contribution in [3.63, 3.8) is 0 Å². The number of nitro benzene ring substituents is 1. The van der Waals surface area contributed by atoms with Crippen LogP contribution in [0, 0.1) is 10.1 Å². The molecule has 0 saturated heterocycles. The first kappa shape index (κ1) is 18.7. The van der Waals surface area contributed by atoms with Crippen LogP contribution in [-0.4, -0.2) is 37.9 Å². The second-order valence-electron chi connectivity index (χ2n) is 4.92. The summed E-state index contributed by atoms with van der Waals surface area (Å²) in [4.78, 5) is 22.3. The quantitative estimate of drug-likeness (QED) is 0.439. The predicted octanol–water partition coefficient (Wildman–Crippen LogP) is 2.14. The zero-order valence-corrected chi connectivity index (χ0v) is 14.2. The lowest BCUT2D eigenvalue weighted by Crippen LogP contribution is -2.24. The number of carbonyl (C=O) groups excluding carboxylic acids is 1. The van der Waals surface area contributed by atoms with Crippen LogP contribution in [0.3, 0.4) is 0 Å². The molecule has 0 atom stereocenters. The molecule has 0 fully saturated rings. The summed E-state index contributed by atoms with van der Waals surface area (Å²) >= 11 is 0. The molecule has 0 bridgehead atoms. The van der Waals surface area contributed by atoms with E-state index in [2.05, 4.69) is 10.5 Å². The van der Waals surface area contributed by atoms with Crippen LogP contribution in [0.5, 0.6) is 17.2 Å². The number of hydrogen-bond acceptors (Lipinski definition) is 7. The Morgan fingerprint density at radius 3 is 2.46 bits per heavy atom. The third-order valence-electron chi connectivity index (χ3n) is 3.24. The molecule has 0 aromatic heterocycles. The third-order valence-corrected chi connectivity index (χ3v) is 3.24. The van der Waals surface area contributed by atoms with Crippen LogP contribution >= 0.6 is 0 Å². The highest BCUT2D eigenvalue weighted by Crippen LogP contribution is 2.33. The number of benzene rings is 2. The third kappa shape index (κ3) is 4.94. The Hall–Kier alpha value is -3.62. The Morgan fingerprint density at radius 2 is 1.85 bits per heavy atom. The van der Waals surface area contributed by atoms with Crippen molar-refractivity contribution in [2.24, 2.45) is 5.10 Å². The van der Waals surface area contributed by atoms with Gasteiger partial charge in [0.1, 0.15) is 5.75 Å². The number of rotatable bonds is 8. The van der Waals surface area contributed by atoms with E-state index in [0.717, 1.165) is 6.21 Å². The minimum atomic E-state index is -0.580.